The van der Waals surface area contributed by atoms with Crippen molar-refractivity contribution in [2.45, 2.75) is 85.7 Å². The zero-order chi connectivity index (χ0) is 13.7. The lowest BCUT2D eigenvalue weighted by atomic mass is 9.78. The standard InChI is InChI=1S/C17H35N/c1-12(2)9-17(10-13(3)4)18-16-8-7-14(5)15(6)11-16/h12-18H,7-11H2,1-6H3. The van der Waals surface area contributed by atoms with E-state index in [1.807, 2.05) is 0 Å². The summed E-state index contributed by atoms with van der Waals surface area (Å²) in [5, 5.41) is 3.97. The van der Waals surface area contributed by atoms with Crippen LogP contribution in [0.1, 0.15) is 73.6 Å². The van der Waals surface area contributed by atoms with E-state index in [0.717, 1.165) is 35.8 Å². The maximum atomic E-state index is 3.97. The van der Waals surface area contributed by atoms with Crippen molar-refractivity contribution in [3.8, 4) is 0 Å². The smallest absolute Gasteiger partial charge is 0.00745 e. The minimum Gasteiger partial charge on any atom is -0.311 e. The van der Waals surface area contributed by atoms with Gasteiger partial charge < -0.3 is 5.32 Å². The van der Waals surface area contributed by atoms with Crippen LogP contribution in [0.25, 0.3) is 0 Å². The molecule has 0 heterocycles. The second kappa shape index (κ2) is 7.53. The van der Waals surface area contributed by atoms with Gasteiger partial charge in [0.15, 0.2) is 0 Å². The van der Waals surface area contributed by atoms with Gasteiger partial charge in [0.2, 0.25) is 0 Å². The van der Waals surface area contributed by atoms with Crippen molar-refractivity contribution in [2.75, 3.05) is 0 Å². The molecule has 1 rings (SSSR count). The van der Waals surface area contributed by atoms with Crippen LogP contribution in [0, 0.1) is 23.7 Å². The number of rotatable bonds is 6. The van der Waals surface area contributed by atoms with E-state index in [-0.39, 0.29) is 0 Å². The van der Waals surface area contributed by atoms with Gasteiger partial charge in [0.05, 0.1) is 0 Å². The van der Waals surface area contributed by atoms with Crippen LogP contribution in [0.4, 0.5) is 0 Å². The highest BCUT2D eigenvalue weighted by Gasteiger charge is 2.26. The topological polar surface area (TPSA) is 12.0 Å². The molecule has 0 bridgehead atoms. The van der Waals surface area contributed by atoms with Gasteiger partial charge in [-0.25, -0.2) is 0 Å². The van der Waals surface area contributed by atoms with Crippen LogP contribution in [0.2, 0.25) is 0 Å². The van der Waals surface area contributed by atoms with Gasteiger partial charge in [-0.05, 0) is 55.8 Å². The molecule has 18 heavy (non-hydrogen) atoms. The predicted molar refractivity (Wildman–Crippen MR) is 81.8 cm³/mol. The van der Waals surface area contributed by atoms with Crippen LogP contribution in [0.5, 0.6) is 0 Å². The summed E-state index contributed by atoms with van der Waals surface area (Å²) in [6.45, 7) is 14.2. The summed E-state index contributed by atoms with van der Waals surface area (Å²) in [6, 6.07) is 1.51. The van der Waals surface area contributed by atoms with Crippen LogP contribution < -0.4 is 5.32 Å². The fourth-order valence-corrected chi connectivity index (χ4v) is 3.40. The van der Waals surface area contributed by atoms with E-state index in [1.165, 1.54) is 32.1 Å². The highest BCUT2D eigenvalue weighted by molar-refractivity contribution is 4.83. The summed E-state index contributed by atoms with van der Waals surface area (Å²) in [6.07, 6.45) is 6.85. The summed E-state index contributed by atoms with van der Waals surface area (Å²) in [5.74, 6) is 3.44. The Balaban J connectivity index is 2.44. The molecule has 0 aromatic heterocycles. The number of hydrogen-bond donors (Lipinski definition) is 1. The SMILES string of the molecule is CC(C)CC(CC(C)C)NC1CCC(C)C(C)C1. The molecule has 1 aliphatic carbocycles. The highest BCUT2D eigenvalue weighted by atomic mass is 15.0. The largest absolute Gasteiger partial charge is 0.311 e. The Bertz CT molecular complexity index is 212. The van der Waals surface area contributed by atoms with Crippen molar-refractivity contribution in [1.29, 1.82) is 0 Å². The monoisotopic (exact) mass is 253 g/mol. The molecule has 1 fully saturated rings. The Labute approximate surface area is 115 Å². The van der Waals surface area contributed by atoms with E-state index in [9.17, 15) is 0 Å². The molecule has 1 saturated carbocycles. The summed E-state index contributed by atoms with van der Waals surface area (Å²) in [4.78, 5) is 0. The normalized spacial score (nSPS) is 29.5. The molecule has 3 unspecified atom stereocenters. The average Bonchev–Trinajstić information content (AvgIpc) is 2.21. The predicted octanol–water partition coefficient (Wildman–Crippen LogP) is 4.86. The Hall–Kier alpha value is -0.0400. The minimum atomic E-state index is 0.732. The van der Waals surface area contributed by atoms with Crippen molar-refractivity contribution in [1.82, 2.24) is 5.32 Å². The summed E-state index contributed by atoms with van der Waals surface area (Å²) >= 11 is 0. The molecule has 0 aromatic rings. The maximum Gasteiger partial charge on any atom is 0.00745 e. The second-order valence-electron chi connectivity index (χ2n) is 7.59. The third-order valence-electron chi connectivity index (χ3n) is 4.58. The zero-order valence-electron chi connectivity index (χ0n) is 13.5. The first kappa shape index (κ1) is 16.0. The lowest BCUT2D eigenvalue weighted by molar-refractivity contribution is 0.202. The summed E-state index contributed by atoms with van der Waals surface area (Å²) in [5.41, 5.74) is 0. The van der Waals surface area contributed by atoms with Gasteiger partial charge in [-0.2, -0.15) is 0 Å². The third-order valence-corrected chi connectivity index (χ3v) is 4.58. The number of hydrogen-bond acceptors (Lipinski definition) is 1. The maximum absolute atomic E-state index is 3.97. The fourth-order valence-electron chi connectivity index (χ4n) is 3.40. The van der Waals surface area contributed by atoms with Crippen LogP contribution in [-0.2, 0) is 0 Å². The molecule has 0 spiro atoms. The molecular weight excluding hydrogens is 218 g/mol. The van der Waals surface area contributed by atoms with Gasteiger partial charge >= 0.3 is 0 Å². The zero-order valence-corrected chi connectivity index (χ0v) is 13.5. The Morgan fingerprint density at radius 1 is 0.889 bits per heavy atom. The molecule has 0 radical (unpaired) electrons. The Morgan fingerprint density at radius 2 is 1.44 bits per heavy atom. The van der Waals surface area contributed by atoms with Crippen LogP contribution in [0.3, 0.4) is 0 Å². The van der Waals surface area contributed by atoms with Crippen LogP contribution in [0.15, 0.2) is 0 Å². The molecule has 3 atom stereocenters. The summed E-state index contributed by atoms with van der Waals surface area (Å²) < 4.78 is 0. The molecule has 0 aliphatic heterocycles. The van der Waals surface area contributed by atoms with Crippen molar-refractivity contribution < 1.29 is 0 Å². The lowest BCUT2D eigenvalue weighted by Crippen LogP contribution is -2.43. The Kier molecular flexibility index (Phi) is 6.70. The molecule has 1 nitrogen and oxygen atoms in total. The first-order valence-electron chi connectivity index (χ1n) is 8.14. The molecule has 0 saturated heterocycles. The minimum absolute atomic E-state index is 0.732. The average molecular weight is 253 g/mol. The second-order valence-corrected chi connectivity index (χ2v) is 7.59. The molecular formula is C17H35N. The van der Waals surface area contributed by atoms with Gasteiger partial charge in [0.1, 0.15) is 0 Å². The first-order valence-corrected chi connectivity index (χ1v) is 8.14. The highest BCUT2D eigenvalue weighted by Crippen LogP contribution is 2.30. The van der Waals surface area contributed by atoms with Crippen molar-refractivity contribution in [3.63, 3.8) is 0 Å². The van der Waals surface area contributed by atoms with E-state index in [1.54, 1.807) is 0 Å². The lowest BCUT2D eigenvalue weighted by Gasteiger charge is -2.36. The van der Waals surface area contributed by atoms with Gasteiger partial charge in [-0.1, -0.05) is 41.5 Å². The Morgan fingerprint density at radius 3 is 1.89 bits per heavy atom. The number of nitrogens with one attached hydrogen (secondary N) is 1. The summed E-state index contributed by atoms with van der Waals surface area (Å²) in [7, 11) is 0. The molecule has 0 aromatic carbocycles. The van der Waals surface area contributed by atoms with E-state index >= 15 is 0 Å². The molecule has 1 heteroatoms. The first-order chi connectivity index (χ1) is 8.38. The molecule has 0 amide bonds. The van der Waals surface area contributed by atoms with Crippen molar-refractivity contribution >= 4 is 0 Å². The molecule has 1 aliphatic rings. The van der Waals surface area contributed by atoms with Crippen molar-refractivity contribution in [2.24, 2.45) is 23.7 Å². The molecule has 108 valence electrons. The van der Waals surface area contributed by atoms with Crippen LogP contribution in [-0.4, -0.2) is 12.1 Å². The molecule has 1 N–H and O–H groups in total. The van der Waals surface area contributed by atoms with Gasteiger partial charge in [-0.3, -0.25) is 0 Å². The van der Waals surface area contributed by atoms with Crippen LogP contribution >= 0.6 is 0 Å². The quantitative estimate of drug-likeness (QED) is 0.712. The van der Waals surface area contributed by atoms with E-state index < -0.39 is 0 Å². The third kappa shape index (κ3) is 5.73. The fraction of sp³-hybridized carbons (Fsp3) is 1.00. The van der Waals surface area contributed by atoms with Gasteiger partial charge in [0, 0.05) is 12.1 Å². The van der Waals surface area contributed by atoms with Gasteiger partial charge in [-0.15, -0.1) is 0 Å². The van der Waals surface area contributed by atoms with E-state index in [4.69, 9.17) is 0 Å². The van der Waals surface area contributed by atoms with E-state index in [0.29, 0.717) is 0 Å². The van der Waals surface area contributed by atoms with Crippen molar-refractivity contribution in [3.05, 3.63) is 0 Å². The van der Waals surface area contributed by atoms with E-state index in [2.05, 4.69) is 46.9 Å². The van der Waals surface area contributed by atoms with Gasteiger partial charge in [0.25, 0.3) is 0 Å².